The summed E-state index contributed by atoms with van der Waals surface area (Å²) in [7, 11) is 1.73. The Morgan fingerprint density at radius 2 is 1.57 bits per heavy atom. The van der Waals surface area contributed by atoms with E-state index >= 15 is 0 Å². The number of aromatic nitrogens is 2. The first-order chi connectivity index (χ1) is 14.4. The van der Waals surface area contributed by atoms with E-state index in [2.05, 4.69) is 10.3 Å². The van der Waals surface area contributed by atoms with Crippen LogP contribution in [0.4, 0.5) is 5.69 Å². The Hall–Kier alpha value is -4.07. The van der Waals surface area contributed by atoms with Gasteiger partial charge in [-0.3, -0.25) is 24.1 Å². The Morgan fingerprint density at radius 3 is 2.10 bits per heavy atom. The number of carbonyl (C=O) groups is 4. The predicted octanol–water partition coefficient (Wildman–Crippen LogP) is 2.27. The summed E-state index contributed by atoms with van der Waals surface area (Å²) in [6.07, 6.45) is 3.23. The average Bonchev–Trinajstić information content (AvgIpc) is 3.29. The number of nitrogens with one attached hydrogen (secondary N) is 1. The number of anilines is 1. The smallest absolute Gasteiger partial charge is 0.262 e. The third-order valence-corrected chi connectivity index (χ3v) is 5.03. The van der Waals surface area contributed by atoms with Gasteiger partial charge in [-0.25, -0.2) is 4.98 Å². The zero-order valence-corrected chi connectivity index (χ0v) is 16.3. The van der Waals surface area contributed by atoms with Crippen LogP contribution in [0.3, 0.4) is 0 Å². The molecule has 0 saturated heterocycles. The largest absolute Gasteiger partial charge is 0.331 e. The molecule has 8 heteroatoms. The molecule has 0 saturated carbocycles. The van der Waals surface area contributed by atoms with Gasteiger partial charge in [0.1, 0.15) is 6.04 Å². The molecule has 0 fully saturated rings. The van der Waals surface area contributed by atoms with Crippen molar-refractivity contribution in [1.82, 2.24) is 14.5 Å². The van der Waals surface area contributed by atoms with Crippen LogP contribution in [0.5, 0.6) is 0 Å². The van der Waals surface area contributed by atoms with E-state index < -0.39 is 23.8 Å². The van der Waals surface area contributed by atoms with Gasteiger partial charge in [0.05, 0.1) is 11.1 Å². The minimum absolute atomic E-state index is 0.236. The zero-order valence-electron chi connectivity index (χ0n) is 16.3. The maximum atomic E-state index is 12.7. The number of benzene rings is 2. The van der Waals surface area contributed by atoms with Crippen molar-refractivity contribution in [3.63, 3.8) is 0 Å². The molecule has 1 aliphatic heterocycles. The minimum atomic E-state index is -0.994. The molecule has 0 aliphatic carbocycles. The van der Waals surface area contributed by atoms with E-state index in [0.29, 0.717) is 28.2 Å². The summed E-state index contributed by atoms with van der Waals surface area (Å²) in [4.78, 5) is 55.2. The van der Waals surface area contributed by atoms with Gasteiger partial charge in [0.25, 0.3) is 11.8 Å². The maximum absolute atomic E-state index is 12.7. The molecule has 2 heterocycles. The lowest BCUT2D eigenvalue weighted by Crippen LogP contribution is -2.45. The molecule has 0 unspecified atom stereocenters. The van der Waals surface area contributed by atoms with Crippen molar-refractivity contribution in [1.29, 1.82) is 0 Å². The topological polar surface area (TPSA) is 101 Å². The highest BCUT2D eigenvalue weighted by Crippen LogP contribution is 2.25. The fourth-order valence-electron chi connectivity index (χ4n) is 3.34. The molecule has 8 nitrogen and oxygen atoms in total. The molecule has 30 heavy (non-hydrogen) atoms. The predicted molar refractivity (Wildman–Crippen MR) is 108 cm³/mol. The van der Waals surface area contributed by atoms with E-state index in [9.17, 15) is 19.2 Å². The van der Waals surface area contributed by atoms with Crippen molar-refractivity contribution in [3.05, 3.63) is 83.4 Å². The van der Waals surface area contributed by atoms with Crippen LogP contribution in [0.2, 0.25) is 0 Å². The SMILES string of the molecule is C[C@@H](C(=O)Nc1ccc(C(=O)c2nccn2C)cc1)N1C(=O)c2ccccc2C1=O. The Kier molecular flexibility index (Phi) is 4.75. The van der Waals surface area contributed by atoms with Gasteiger partial charge in [-0.2, -0.15) is 0 Å². The average molecular weight is 402 g/mol. The van der Waals surface area contributed by atoms with Crippen molar-refractivity contribution in [3.8, 4) is 0 Å². The number of hydrogen-bond donors (Lipinski definition) is 1. The number of carbonyl (C=O) groups excluding carboxylic acids is 4. The van der Waals surface area contributed by atoms with Gasteiger partial charge in [0.2, 0.25) is 11.7 Å². The molecule has 0 bridgehead atoms. The van der Waals surface area contributed by atoms with Crippen molar-refractivity contribution < 1.29 is 19.2 Å². The lowest BCUT2D eigenvalue weighted by molar-refractivity contribution is -0.119. The summed E-state index contributed by atoms with van der Waals surface area (Å²) in [5, 5.41) is 2.68. The van der Waals surface area contributed by atoms with Crippen molar-refractivity contribution >= 4 is 29.2 Å². The van der Waals surface area contributed by atoms with Crippen LogP contribution in [0, 0.1) is 0 Å². The van der Waals surface area contributed by atoms with Crippen LogP contribution in [0.1, 0.15) is 43.8 Å². The first kappa shape index (κ1) is 19.3. The molecule has 0 spiro atoms. The van der Waals surface area contributed by atoms with Gasteiger partial charge in [-0.05, 0) is 43.3 Å². The third kappa shape index (κ3) is 3.18. The second-order valence-electron chi connectivity index (χ2n) is 6.96. The van der Waals surface area contributed by atoms with E-state index in [1.54, 1.807) is 72.5 Å². The highest BCUT2D eigenvalue weighted by atomic mass is 16.2. The minimum Gasteiger partial charge on any atom is -0.331 e. The Morgan fingerprint density at radius 1 is 0.967 bits per heavy atom. The fraction of sp³-hybridized carbons (Fsp3) is 0.136. The second kappa shape index (κ2) is 7.40. The van der Waals surface area contributed by atoms with Crippen LogP contribution in [-0.4, -0.2) is 44.0 Å². The quantitative estimate of drug-likeness (QED) is 0.521. The number of rotatable bonds is 5. The Balaban J connectivity index is 1.47. The highest BCUT2D eigenvalue weighted by Gasteiger charge is 2.40. The van der Waals surface area contributed by atoms with Crippen LogP contribution >= 0.6 is 0 Å². The first-order valence-electron chi connectivity index (χ1n) is 9.28. The van der Waals surface area contributed by atoms with Gasteiger partial charge in [0, 0.05) is 30.7 Å². The number of amides is 3. The van der Waals surface area contributed by atoms with Gasteiger partial charge in [0.15, 0.2) is 5.82 Å². The van der Waals surface area contributed by atoms with Crippen LogP contribution < -0.4 is 5.32 Å². The molecular formula is C22H18N4O4. The monoisotopic (exact) mass is 402 g/mol. The van der Waals surface area contributed by atoms with Crippen molar-refractivity contribution in [2.45, 2.75) is 13.0 Å². The van der Waals surface area contributed by atoms with Crippen molar-refractivity contribution in [2.75, 3.05) is 5.32 Å². The zero-order chi connectivity index (χ0) is 21.4. The lowest BCUT2D eigenvalue weighted by Gasteiger charge is -2.21. The number of aryl methyl sites for hydroxylation is 1. The van der Waals surface area contributed by atoms with E-state index in [0.717, 1.165) is 4.90 Å². The van der Waals surface area contributed by atoms with Crippen LogP contribution in [0.15, 0.2) is 60.9 Å². The number of imide groups is 1. The number of ketones is 1. The van der Waals surface area contributed by atoms with Gasteiger partial charge in [-0.15, -0.1) is 0 Å². The summed E-state index contributed by atoms with van der Waals surface area (Å²) in [6.45, 7) is 1.50. The van der Waals surface area contributed by atoms with Crippen LogP contribution in [0.25, 0.3) is 0 Å². The van der Waals surface area contributed by atoms with Gasteiger partial charge >= 0.3 is 0 Å². The Bertz CT molecular complexity index is 1140. The Labute approximate surface area is 172 Å². The molecule has 1 atom stereocenters. The number of hydrogen-bond acceptors (Lipinski definition) is 5. The van der Waals surface area contributed by atoms with Crippen molar-refractivity contribution in [2.24, 2.45) is 7.05 Å². The highest BCUT2D eigenvalue weighted by molar-refractivity contribution is 6.23. The fourth-order valence-corrected chi connectivity index (χ4v) is 3.34. The van der Waals surface area contributed by atoms with Gasteiger partial charge in [-0.1, -0.05) is 12.1 Å². The molecule has 1 aromatic heterocycles. The molecule has 2 aromatic carbocycles. The number of imidazole rings is 1. The first-order valence-corrected chi connectivity index (χ1v) is 9.28. The van der Waals surface area contributed by atoms with Gasteiger partial charge < -0.3 is 9.88 Å². The van der Waals surface area contributed by atoms with Crippen LogP contribution in [-0.2, 0) is 11.8 Å². The third-order valence-electron chi connectivity index (χ3n) is 5.03. The summed E-state index contributed by atoms with van der Waals surface area (Å²) < 4.78 is 1.63. The molecule has 4 rings (SSSR count). The molecule has 3 amide bonds. The molecule has 0 radical (unpaired) electrons. The maximum Gasteiger partial charge on any atom is 0.262 e. The molecule has 1 aliphatic rings. The van der Waals surface area contributed by atoms with E-state index in [1.165, 1.54) is 6.92 Å². The summed E-state index contributed by atoms with van der Waals surface area (Å²) >= 11 is 0. The molecule has 1 N–H and O–H groups in total. The second-order valence-corrected chi connectivity index (χ2v) is 6.96. The normalized spacial score (nSPS) is 13.9. The molecule has 3 aromatic rings. The van der Waals surface area contributed by atoms with E-state index in [4.69, 9.17) is 0 Å². The molecule has 150 valence electrons. The lowest BCUT2D eigenvalue weighted by atomic mass is 10.1. The summed E-state index contributed by atoms with van der Waals surface area (Å²) in [5.74, 6) is -1.41. The number of nitrogens with zero attached hydrogens (tertiary/aromatic N) is 3. The standard InChI is InChI=1S/C22H18N4O4/c1-13(26-21(29)16-5-3-4-6-17(16)22(26)30)20(28)24-15-9-7-14(8-10-15)18(27)19-23-11-12-25(19)2/h3-13H,1-2H3,(H,24,28)/t13-/m0/s1. The summed E-state index contributed by atoms with van der Waals surface area (Å²) in [5.41, 5.74) is 1.45. The number of fused-ring (bicyclic) bond motifs is 1. The van der Waals surface area contributed by atoms with E-state index in [1.807, 2.05) is 0 Å². The molecular weight excluding hydrogens is 384 g/mol. The van der Waals surface area contributed by atoms with E-state index in [-0.39, 0.29) is 5.78 Å². The summed E-state index contributed by atoms with van der Waals surface area (Å²) in [6, 6.07) is 11.8.